The number of amides is 1. The molecule has 1 N–H and O–H groups in total. The number of cyclic esters (lactones) is 1. The highest BCUT2D eigenvalue weighted by molar-refractivity contribution is 5.70. The lowest BCUT2D eigenvalue weighted by molar-refractivity contribution is -0.140. The molecule has 1 aromatic rings. The number of hydrogen-bond donors (Lipinski definition) is 1. The Hall–Kier alpha value is -2.11. The van der Waals surface area contributed by atoms with Crippen LogP contribution in [0.5, 0.6) is 0 Å². The molecular formula is C19H26FNO4. The van der Waals surface area contributed by atoms with Gasteiger partial charge in [-0.05, 0) is 30.0 Å². The highest BCUT2D eigenvalue weighted by Gasteiger charge is 2.45. The van der Waals surface area contributed by atoms with Gasteiger partial charge in [-0.25, -0.2) is 9.18 Å². The maximum absolute atomic E-state index is 13.3. The number of carboxylic acid groups (broad SMARTS) is 1. The lowest BCUT2D eigenvalue weighted by Crippen LogP contribution is -2.54. The first kappa shape index (κ1) is 19.2. The minimum Gasteiger partial charge on any atom is -0.481 e. The molecule has 1 saturated heterocycles. The van der Waals surface area contributed by atoms with Crippen LogP contribution in [-0.4, -0.2) is 34.7 Å². The average molecular weight is 351 g/mol. The quantitative estimate of drug-likeness (QED) is 0.865. The van der Waals surface area contributed by atoms with E-state index >= 15 is 0 Å². The Morgan fingerprint density at radius 2 is 1.96 bits per heavy atom. The van der Waals surface area contributed by atoms with E-state index in [0.717, 1.165) is 0 Å². The molecule has 0 aliphatic carbocycles. The molecule has 0 bridgehead atoms. The number of hydrogen-bond acceptors (Lipinski definition) is 3. The van der Waals surface area contributed by atoms with E-state index in [-0.39, 0.29) is 30.1 Å². The van der Waals surface area contributed by atoms with Gasteiger partial charge < -0.3 is 14.7 Å². The van der Waals surface area contributed by atoms with Crippen molar-refractivity contribution in [3.05, 3.63) is 35.6 Å². The third-order valence-electron chi connectivity index (χ3n) is 5.11. The standard InChI is InChI=1S/C19H26FNO4/c1-13(18(2,3)4)21-12-11-19(25-17(21)24,10-9-16(22)23)14-5-7-15(20)8-6-14/h5-8,13H,9-12H2,1-4H3,(H,22,23)/t13-,19-/m0/s1. The lowest BCUT2D eigenvalue weighted by Gasteiger charge is -2.46. The second kappa shape index (κ2) is 7.02. The zero-order chi connectivity index (χ0) is 18.8. The van der Waals surface area contributed by atoms with Crippen LogP contribution in [0.1, 0.15) is 52.5 Å². The maximum Gasteiger partial charge on any atom is 0.410 e. The summed E-state index contributed by atoms with van der Waals surface area (Å²) in [5.41, 5.74) is -0.501. The van der Waals surface area contributed by atoms with Crippen molar-refractivity contribution in [3.8, 4) is 0 Å². The largest absolute Gasteiger partial charge is 0.481 e. The maximum atomic E-state index is 13.3. The van der Waals surface area contributed by atoms with E-state index in [9.17, 15) is 14.0 Å². The van der Waals surface area contributed by atoms with Crippen LogP contribution < -0.4 is 0 Å². The average Bonchev–Trinajstić information content (AvgIpc) is 2.52. The first-order chi connectivity index (χ1) is 11.5. The van der Waals surface area contributed by atoms with Gasteiger partial charge >= 0.3 is 12.1 Å². The van der Waals surface area contributed by atoms with Crippen LogP contribution in [0.15, 0.2) is 24.3 Å². The summed E-state index contributed by atoms with van der Waals surface area (Å²) < 4.78 is 19.0. The predicted molar refractivity (Wildman–Crippen MR) is 91.7 cm³/mol. The SMILES string of the molecule is C[C@H](N1CC[C@@](CCC(=O)O)(c2ccc(F)cc2)OC1=O)C(C)(C)C. The molecule has 2 atom stereocenters. The fraction of sp³-hybridized carbons (Fsp3) is 0.579. The van der Waals surface area contributed by atoms with Crippen molar-refractivity contribution in [2.24, 2.45) is 5.41 Å². The van der Waals surface area contributed by atoms with E-state index < -0.39 is 17.7 Å². The Morgan fingerprint density at radius 1 is 1.36 bits per heavy atom. The van der Waals surface area contributed by atoms with Gasteiger partial charge in [-0.15, -0.1) is 0 Å². The molecule has 0 saturated carbocycles. The Labute approximate surface area is 147 Å². The van der Waals surface area contributed by atoms with Crippen molar-refractivity contribution in [1.82, 2.24) is 4.90 Å². The number of aliphatic carboxylic acids is 1. The van der Waals surface area contributed by atoms with Crippen LogP contribution >= 0.6 is 0 Å². The summed E-state index contributed by atoms with van der Waals surface area (Å²) in [6.07, 6.45) is 0.0537. The summed E-state index contributed by atoms with van der Waals surface area (Å²) in [5.74, 6) is -1.34. The van der Waals surface area contributed by atoms with Crippen molar-refractivity contribution in [2.45, 2.75) is 58.6 Å². The summed E-state index contributed by atoms with van der Waals surface area (Å²) in [6, 6.07) is 5.71. The number of carboxylic acids is 1. The van der Waals surface area contributed by atoms with Gasteiger partial charge in [0.05, 0.1) is 0 Å². The Kier molecular flexibility index (Phi) is 5.40. The van der Waals surface area contributed by atoms with E-state index in [1.165, 1.54) is 12.1 Å². The zero-order valence-electron chi connectivity index (χ0n) is 15.2. The smallest absolute Gasteiger partial charge is 0.410 e. The molecule has 1 fully saturated rings. The van der Waals surface area contributed by atoms with E-state index in [0.29, 0.717) is 18.5 Å². The van der Waals surface area contributed by atoms with Gasteiger partial charge in [0.15, 0.2) is 0 Å². The third-order valence-corrected chi connectivity index (χ3v) is 5.11. The van der Waals surface area contributed by atoms with E-state index in [1.54, 1.807) is 17.0 Å². The van der Waals surface area contributed by atoms with Gasteiger partial charge in [0, 0.05) is 31.8 Å². The monoisotopic (exact) mass is 351 g/mol. The molecule has 25 heavy (non-hydrogen) atoms. The molecule has 1 aromatic carbocycles. The van der Waals surface area contributed by atoms with Crippen LogP contribution in [0, 0.1) is 11.2 Å². The van der Waals surface area contributed by atoms with Gasteiger partial charge in [0.1, 0.15) is 11.4 Å². The van der Waals surface area contributed by atoms with Crippen LogP contribution in [0.4, 0.5) is 9.18 Å². The molecular weight excluding hydrogens is 325 g/mol. The Bertz CT molecular complexity index is 638. The summed E-state index contributed by atoms with van der Waals surface area (Å²) in [5, 5.41) is 9.05. The minimum atomic E-state index is -1.03. The number of nitrogens with zero attached hydrogens (tertiary/aromatic N) is 1. The summed E-state index contributed by atoms with van der Waals surface area (Å²) in [7, 11) is 0. The highest BCUT2D eigenvalue weighted by atomic mass is 19.1. The van der Waals surface area contributed by atoms with Crippen molar-refractivity contribution in [3.63, 3.8) is 0 Å². The molecule has 1 aliphatic heterocycles. The van der Waals surface area contributed by atoms with Gasteiger partial charge in [-0.2, -0.15) is 0 Å². The number of carbonyl (C=O) groups is 2. The number of ether oxygens (including phenoxy) is 1. The normalized spacial score (nSPS) is 22.4. The van der Waals surface area contributed by atoms with E-state index in [4.69, 9.17) is 9.84 Å². The van der Waals surface area contributed by atoms with Crippen LogP contribution in [0.2, 0.25) is 0 Å². The fourth-order valence-electron chi connectivity index (χ4n) is 3.07. The molecule has 2 rings (SSSR count). The third kappa shape index (κ3) is 4.30. The molecule has 5 nitrogen and oxygen atoms in total. The molecule has 0 unspecified atom stereocenters. The molecule has 1 amide bonds. The Balaban J connectivity index is 2.28. The minimum absolute atomic E-state index is 0.0225. The van der Waals surface area contributed by atoms with Gasteiger partial charge in [-0.1, -0.05) is 32.9 Å². The molecule has 0 spiro atoms. The highest BCUT2D eigenvalue weighted by Crippen LogP contribution is 2.40. The first-order valence-corrected chi connectivity index (χ1v) is 8.53. The first-order valence-electron chi connectivity index (χ1n) is 8.53. The van der Waals surface area contributed by atoms with E-state index in [2.05, 4.69) is 20.8 Å². The molecule has 0 aromatic heterocycles. The molecule has 1 heterocycles. The molecule has 0 radical (unpaired) electrons. The number of benzene rings is 1. The van der Waals surface area contributed by atoms with Crippen molar-refractivity contribution in [2.75, 3.05) is 6.54 Å². The van der Waals surface area contributed by atoms with Gasteiger partial charge in [-0.3, -0.25) is 4.79 Å². The van der Waals surface area contributed by atoms with Crippen LogP contribution in [0.3, 0.4) is 0 Å². The predicted octanol–water partition coefficient (Wildman–Crippen LogP) is 4.16. The topological polar surface area (TPSA) is 66.8 Å². The molecule has 1 aliphatic rings. The summed E-state index contributed by atoms with van der Waals surface area (Å²) in [4.78, 5) is 25.4. The summed E-state index contributed by atoms with van der Waals surface area (Å²) in [6.45, 7) is 8.60. The molecule has 6 heteroatoms. The lowest BCUT2D eigenvalue weighted by atomic mass is 9.82. The number of carbonyl (C=O) groups excluding carboxylic acids is 1. The van der Waals surface area contributed by atoms with Crippen LogP contribution in [0.25, 0.3) is 0 Å². The van der Waals surface area contributed by atoms with Crippen molar-refractivity contribution >= 4 is 12.1 Å². The zero-order valence-corrected chi connectivity index (χ0v) is 15.2. The van der Waals surface area contributed by atoms with Gasteiger partial charge in [0.2, 0.25) is 0 Å². The second-order valence-electron chi connectivity index (χ2n) is 7.75. The van der Waals surface area contributed by atoms with Crippen LogP contribution in [-0.2, 0) is 15.1 Å². The second-order valence-corrected chi connectivity index (χ2v) is 7.75. The van der Waals surface area contributed by atoms with Gasteiger partial charge in [0.25, 0.3) is 0 Å². The molecule has 138 valence electrons. The summed E-state index contributed by atoms with van der Waals surface area (Å²) >= 11 is 0. The number of rotatable bonds is 5. The Morgan fingerprint density at radius 3 is 2.44 bits per heavy atom. The number of halogens is 1. The van der Waals surface area contributed by atoms with Crippen molar-refractivity contribution in [1.29, 1.82) is 0 Å². The van der Waals surface area contributed by atoms with Crippen molar-refractivity contribution < 1.29 is 23.8 Å². The fourth-order valence-corrected chi connectivity index (χ4v) is 3.07. The van der Waals surface area contributed by atoms with E-state index in [1.807, 2.05) is 6.92 Å².